The lowest BCUT2D eigenvalue weighted by atomic mass is 10.1. The summed E-state index contributed by atoms with van der Waals surface area (Å²) in [4.78, 5) is 27.7. The van der Waals surface area contributed by atoms with Gasteiger partial charge >= 0.3 is 0 Å². The van der Waals surface area contributed by atoms with Crippen molar-refractivity contribution in [3.8, 4) is 0 Å². The first-order valence-corrected chi connectivity index (χ1v) is 11.8. The molecule has 0 atom stereocenters. The highest BCUT2D eigenvalue weighted by atomic mass is 32.2. The van der Waals surface area contributed by atoms with Crippen molar-refractivity contribution in [2.24, 2.45) is 0 Å². The van der Waals surface area contributed by atoms with Gasteiger partial charge in [0, 0.05) is 43.2 Å². The van der Waals surface area contributed by atoms with Gasteiger partial charge in [0.25, 0.3) is 5.91 Å². The molecule has 1 aromatic heterocycles. The fourth-order valence-corrected chi connectivity index (χ4v) is 4.06. The van der Waals surface area contributed by atoms with Crippen LogP contribution in [0.1, 0.15) is 46.0 Å². The number of hydrogen-bond donors (Lipinski definition) is 2. The molecule has 2 N–H and O–H groups in total. The highest BCUT2D eigenvalue weighted by molar-refractivity contribution is 7.89. The highest BCUT2D eigenvalue weighted by Crippen LogP contribution is 2.12. The number of rotatable bonds is 11. The van der Waals surface area contributed by atoms with Crippen LogP contribution >= 0.6 is 0 Å². The number of nitrogens with one attached hydrogen (secondary N) is 2. The molecule has 0 fully saturated rings. The zero-order valence-electron chi connectivity index (χ0n) is 17.8. The highest BCUT2D eigenvalue weighted by Gasteiger charge is 2.14. The SMILES string of the molecule is CC(=O)c1ccc(S(=O)(=O)NCc2ccc(C(=O)NCCCCn3ccnc3)cc2)cc1. The van der Waals surface area contributed by atoms with Crippen LogP contribution < -0.4 is 10.0 Å². The van der Waals surface area contributed by atoms with E-state index in [-0.39, 0.29) is 23.1 Å². The van der Waals surface area contributed by atoms with E-state index in [1.807, 2.05) is 10.8 Å². The van der Waals surface area contributed by atoms with Crippen molar-refractivity contribution in [3.63, 3.8) is 0 Å². The Bertz CT molecular complexity index is 1140. The summed E-state index contributed by atoms with van der Waals surface area (Å²) in [5.74, 6) is -0.286. The number of hydrogen-bond acceptors (Lipinski definition) is 5. The van der Waals surface area contributed by atoms with E-state index >= 15 is 0 Å². The summed E-state index contributed by atoms with van der Waals surface area (Å²) in [5.41, 5.74) is 1.70. The van der Waals surface area contributed by atoms with Gasteiger partial charge in [0.05, 0.1) is 11.2 Å². The lowest BCUT2D eigenvalue weighted by molar-refractivity contribution is 0.0951. The minimum atomic E-state index is -3.71. The van der Waals surface area contributed by atoms with Gasteiger partial charge in [-0.1, -0.05) is 24.3 Å². The van der Waals surface area contributed by atoms with Gasteiger partial charge in [0.1, 0.15) is 0 Å². The fourth-order valence-electron chi connectivity index (χ4n) is 3.05. The number of ketones is 1. The second-order valence-electron chi connectivity index (χ2n) is 7.37. The molecule has 32 heavy (non-hydrogen) atoms. The Morgan fingerprint density at radius 1 is 0.969 bits per heavy atom. The number of unbranched alkanes of at least 4 members (excludes halogenated alkanes) is 1. The van der Waals surface area contributed by atoms with E-state index in [2.05, 4.69) is 15.0 Å². The molecule has 3 aromatic rings. The normalized spacial score (nSPS) is 11.3. The second-order valence-corrected chi connectivity index (χ2v) is 9.13. The van der Waals surface area contributed by atoms with Crippen molar-refractivity contribution in [3.05, 3.63) is 83.9 Å². The minimum absolute atomic E-state index is 0.0894. The number of aryl methyl sites for hydroxylation is 1. The Hall–Kier alpha value is -3.30. The topological polar surface area (TPSA) is 110 Å². The van der Waals surface area contributed by atoms with E-state index in [0.29, 0.717) is 17.7 Å². The third-order valence-corrected chi connectivity index (χ3v) is 6.36. The number of amides is 1. The van der Waals surface area contributed by atoms with Crippen LogP contribution in [0.3, 0.4) is 0 Å². The van der Waals surface area contributed by atoms with Crippen molar-refractivity contribution in [1.82, 2.24) is 19.6 Å². The Balaban J connectivity index is 1.45. The molecule has 9 heteroatoms. The summed E-state index contributed by atoms with van der Waals surface area (Å²) in [6.45, 7) is 2.96. The molecule has 3 rings (SSSR count). The Morgan fingerprint density at radius 2 is 1.66 bits per heavy atom. The zero-order valence-corrected chi connectivity index (χ0v) is 18.6. The fraction of sp³-hybridized carbons (Fsp3) is 0.261. The maximum Gasteiger partial charge on any atom is 0.251 e. The molecule has 0 aliphatic heterocycles. The number of carbonyl (C=O) groups is 2. The average Bonchev–Trinajstić information content (AvgIpc) is 3.31. The van der Waals surface area contributed by atoms with Crippen molar-refractivity contribution in [2.45, 2.75) is 37.8 Å². The van der Waals surface area contributed by atoms with Gasteiger partial charge in [-0.3, -0.25) is 9.59 Å². The molecule has 1 heterocycles. The van der Waals surface area contributed by atoms with Crippen molar-refractivity contribution < 1.29 is 18.0 Å². The number of benzene rings is 2. The molecular formula is C23H26N4O4S. The van der Waals surface area contributed by atoms with Crippen molar-refractivity contribution in [1.29, 1.82) is 0 Å². The molecule has 0 spiro atoms. The Kier molecular flexibility index (Phi) is 7.91. The molecule has 2 aromatic carbocycles. The van der Waals surface area contributed by atoms with Crippen LogP contribution in [-0.4, -0.2) is 36.2 Å². The van der Waals surface area contributed by atoms with Gasteiger partial charge in [-0.15, -0.1) is 0 Å². The molecule has 8 nitrogen and oxygen atoms in total. The first-order chi connectivity index (χ1) is 15.3. The lowest BCUT2D eigenvalue weighted by Crippen LogP contribution is -2.25. The lowest BCUT2D eigenvalue weighted by Gasteiger charge is -2.09. The Morgan fingerprint density at radius 3 is 2.28 bits per heavy atom. The third-order valence-electron chi connectivity index (χ3n) is 4.94. The molecule has 0 radical (unpaired) electrons. The van der Waals surface area contributed by atoms with E-state index in [4.69, 9.17) is 0 Å². The van der Waals surface area contributed by atoms with Gasteiger partial charge in [-0.05, 0) is 49.6 Å². The van der Waals surface area contributed by atoms with Gasteiger partial charge in [0.2, 0.25) is 10.0 Å². The maximum absolute atomic E-state index is 12.4. The first kappa shape index (κ1) is 23.4. The molecule has 168 valence electrons. The van der Waals surface area contributed by atoms with Crippen LogP contribution in [0.2, 0.25) is 0 Å². The van der Waals surface area contributed by atoms with E-state index in [9.17, 15) is 18.0 Å². The standard InChI is InChI=1S/C23H26N4O4S/c1-18(28)20-8-10-22(11-9-20)32(30,31)26-16-19-4-6-21(7-5-19)23(29)25-12-2-3-14-27-15-13-24-17-27/h4-11,13,15,17,26H,2-3,12,14,16H2,1H3,(H,25,29). The molecular weight excluding hydrogens is 428 g/mol. The Labute approximate surface area is 187 Å². The predicted molar refractivity (Wildman–Crippen MR) is 121 cm³/mol. The summed E-state index contributed by atoms with van der Waals surface area (Å²) in [6, 6.07) is 12.6. The van der Waals surface area contributed by atoms with Crippen LogP contribution in [0.5, 0.6) is 0 Å². The van der Waals surface area contributed by atoms with Crippen LogP contribution in [-0.2, 0) is 23.1 Å². The van der Waals surface area contributed by atoms with E-state index in [0.717, 1.165) is 24.9 Å². The number of Topliss-reactive ketones (excluding diaryl/α,β-unsaturated/α-hetero) is 1. The smallest absolute Gasteiger partial charge is 0.251 e. The summed E-state index contributed by atoms with van der Waals surface area (Å²) in [5, 5.41) is 2.89. The zero-order chi connectivity index (χ0) is 23.0. The van der Waals surface area contributed by atoms with E-state index < -0.39 is 10.0 Å². The average molecular weight is 455 g/mol. The van der Waals surface area contributed by atoms with Gasteiger partial charge in [-0.2, -0.15) is 0 Å². The number of sulfonamides is 1. The van der Waals surface area contributed by atoms with Crippen LogP contribution in [0.25, 0.3) is 0 Å². The molecule has 0 saturated carbocycles. The molecule has 0 bridgehead atoms. The molecule has 0 aliphatic carbocycles. The predicted octanol–water partition coefficient (Wildman–Crippen LogP) is 2.77. The van der Waals surface area contributed by atoms with Crippen LogP contribution in [0, 0.1) is 0 Å². The number of imidazole rings is 1. The van der Waals surface area contributed by atoms with Gasteiger partial charge in [0.15, 0.2) is 5.78 Å². The van der Waals surface area contributed by atoms with Gasteiger partial charge < -0.3 is 9.88 Å². The number of nitrogens with zero attached hydrogens (tertiary/aromatic N) is 2. The summed E-state index contributed by atoms with van der Waals surface area (Å²) in [6.07, 6.45) is 7.21. The monoisotopic (exact) mass is 454 g/mol. The third kappa shape index (κ3) is 6.60. The second kappa shape index (κ2) is 10.8. The largest absolute Gasteiger partial charge is 0.352 e. The van der Waals surface area contributed by atoms with Gasteiger partial charge in [-0.25, -0.2) is 18.1 Å². The summed E-state index contributed by atoms with van der Waals surface area (Å²) in [7, 11) is -3.71. The van der Waals surface area contributed by atoms with Crippen LogP contribution in [0.4, 0.5) is 0 Å². The molecule has 0 aliphatic rings. The number of carbonyl (C=O) groups excluding carboxylic acids is 2. The van der Waals surface area contributed by atoms with E-state index in [1.54, 1.807) is 36.8 Å². The minimum Gasteiger partial charge on any atom is -0.352 e. The first-order valence-electron chi connectivity index (χ1n) is 10.3. The molecule has 1 amide bonds. The summed E-state index contributed by atoms with van der Waals surface area (Å²) >= 11 is 0. The molecule has 0 unspecified atom stereocenters. The maximum atomic E-state index is 12.4. The summed E-state index contributed by atoms with van der Waals surface area (Å²) < 4.78 is 29.4. The van der Waals surface area contributed by atoms with Crippen LogP contribution in [0.15, 0.2) is 72.1 Å². The quantitative estimate of drug-likeness (QED) is 0.342. The van der Waals surface area contributed by atoms with E-state index in [1.165, 1.54) is 31.2 Å². The van der Waals surface area contributed by atoms with Crippen molar-refractivity contribution in [2.75, 3.05) is 6.54 Å². The molecule has 0 saturated heterocycles. The number of aromatic nitrogens is 2. The van der Waals surface area contributed by atoms with Crippen molar-refractivity contribution >= 4 is 21.7 Å².